The predicted octanol–water partition coefficient (Wildman–Crippen LogP) is 2.52. The van der Waals surface area contributed by atoms with E-state index >= 15 is 0 Å². The Morgan fingerprint density at radius 3 is 2.88 bits per heavy atom. The zero-order chi connectivity index (χ0) is 18.2. The van der Waals surface area contributed by atoms with Crippen LogP contribution in [0.2, 0.25) is 0 Å². The van der Waals surface area contributed by atoms with Gasteiger partial charge in [0.1, 0.15) is 0 Å². The average Bonchev–Trinajstić information content (AvgIpc) is 2.80. The highest BCUT2D eigenvalue weighted by Crippen LogP contribution is 2.49. The van der Waals surface area contributed by atoms with Gasteiger partial charge in [0.05, 0.1) is 18.8 Å². The Labute approximate surface area is 149 Å². The van der Waals surface area contributed by atoms with Crippen molar-refractivity contribution < 1.29 is 25.0 Å². The molecule has 0 radical (unpaired) electrons. The number of aliphatic hydroxyl groups is 2. The van der Waals surface area contributed by atoms with Crippen molar-refractivity contribution in [3.05, 3.63) is 23.4 Å². The lowest BCUT2D eigenvalue weighted by molar-refractivity contribution is -0.137. The Morgan fingerprint density at radius 1 is 1.36 bits per heavy atom. The zero-order valence-electron chi connectivity index (χ0n) is 15.0. The summed E-state index contributed by atoms with van der Waals surface area (Å²) in [5, 5.41) is 28.9. The molecule has 4 N–H and O–H groups in total. The quantitative estimate of drug-likeness (QED) is 0.244. The molecule has 6 nitrogen and oxygen atoms in total. The van der Waals surface area contributed by atoms with E-state index < -0.39 is 18.2 Å². The third-order valence-electron chi connectivity index (χ3n) is 5.09. The summed E-state index contributed by atoms with van der Waals surface area (Å²) in [5.74, 6) is -0.438. The highest BCUT2D eigenvalue weighted by atomic mass is 16.6. The van der Waals surface area contributed by atoms with Gasteiger partial charge in [0, 0.05) is 18.0 Å². The molecule has 4 atom stereocenters. The van der Waals surface area contributed by atoms with Crippen molar-refractivity contribution in [1.82, 2.24) is 5.48 Å². The monoisotopic (exact) mass is 353 g/mol. The lowest BCUT2D eigenvalue weighted by atomic mass is 9.79. The molecule has 0 aromatic rings. The number of aliphatic carboxylic acids is 1. The SMILES string of the molecule is CCCCCC(O)C=CC1C(O)CC2=C(NOCCCC(=O)O)C[C@H]21. The third-order valence-corrected chi connectivity index (χ3v) is 5.09. The minimum Gasteiger partial charge on any atom is -0.481 e. The van der Waals surface area contributed by atoms with Crippen LogP contribution in [0.25, 0.3) is 0 Å². The Kier molecular flexibility index (Phi) is 7.93. The number of unbranched alkanes of at least 4 members (excludes halogenated alkanes) is 2. The number of carboxylic acids is 1. The molecule has 6 heteroatoms. The molecule has 2 rings (SSSR count). The van der Waals surface area contributed by atoms with Crippen LogP contribution in [0.4, 0.5) is 0 Å². The maximum absolute atomic E-state index is 10.4. The molecule has 0 bridgehead atoms. The fraction of sp³-hybridized carbons (Fsp3) is 0.737. The van der Waals surface area contributed by atoms with Gasteiger partial charge in [0.25, 0.3) is 0 Å². The maximum atomic E-state index is 10.4. The van der Waals surface area contributed by atoms with Crippen LogP contribution in [0, 0.1) is 11.8 Å². The molecule has 1 saturated carbocycles. The van der Waals surface area contributed by atoms with Crippen molar-refractivity contribution in [2.24, 2.45) is 11.8 Å². The molecule has 2 aliphatic rings. The molecule has 0 aromatic carbocycles. The molecular weight excluding hydrogens is 322 g/mol. The van der Waals surface area contributed by atoms with Crippen molar-refractivity contribution in [2.75, 3.05) is 6.61 Å². The van der Waals surface area contributed by atoms with Crippen LogP contribution in [0.3, 0.4) is 0 Å². The number of nitrogens with one attached hydrogen (secondary N) is 1. The fourth-order valence-corrected chi connectivity index (χ4v) is 3.60. The molecule has 0 amide bonds. The number of carboxylic acid groups (broad SMARTS) is 1. The van der Waals surface area contributed by atoms with Crippen molar-refractivity contribution in [3.63, 3.8) is 0 Å². The number of fused-ring (bicyclic) bond motifs is 1. The Morgan fingerprint density at radius 2 is 2.16 bits per heavy atom. The van der Waals surface area contributed by atoms with Gasteiger partial charge in [-0.2, -0.15) is 0 Å². The Bertz CT molecular complexity index is 502. The normalized spacial score (nSPS) is 26.6. The standard InChI is InChI=1S/C19H31NO5/c1-2-3-4-6-13(21)8-9-14-15-11-17(16(15)12-18(14)22)20-25-10-5-7-19(23)24/h8-9,13-15,18,20-22H,2-7,10-12H2,1H3,(H,23,24)/t13?,14?,15-,18?/m0/s1. The van der Waals surface area contributed by atoms with Crippen LogP contribution in [0.5, 0.6) is 0 Å². The minimum atomic E-state index is -0.820. The first-order valence-electron chi connectivity index (χ1n) is 9.38. The van der Waals surface area contributed by atoms with E-state index in [1.165, 1.54) is 5.57 Å². The maximum Gasteiger partial charge on any atom is 0.303 e. The highest BCUT2D eigenvalue weighted by molar-refractivity contribution is 5.66. The first-order valence-corrected chi connectivity index (χ1v) is 9.38. The summed E-state index contributed by atoms with van der Waals surface area (Å²) >= 11 is 0. The molecular formula is C19H31NO5. The molecule has 3 unspecified atom stereocenters. The predicted molar refractivity (Wildman–Crippen MR) is 94.5 cm³/mol. The second-order valence-electron chi connectivity index (χ2n) is 7.06. The van der Waals surface area contributed by atoms with Gasteiger partial charge in [0.15, 0.2) is 0 Å². The number of hydroxylamine groups is 1. The topological polar surface area (TPSA) is 99.0 Å². The number of allylic oxidation sites excluding steroid dienone is 1. The summed E-state index contributed by atoms with van der Waals surface area (Å²) in [6, 6.07) is 0. The van der Waals surface area contributed by atoms with E-state index in [2.05, 4.69) is 12.4 Å². The Balaban J connectivity index is 1.74. The largest absolute Gasteiger partial charge is 0.481 e. The molecule has 142 valence electrons. The number of aliphatic hydroxyl groups excluding tert-OH is 2. The van der Waals surface area contributed by atoms with Gasteiger partial charge in [-0.1, -0.05) is 38.3 Å². The smallest absolute Gasteiger partial charge is 0.303 e. The van der Waals surface area contributed by atoms with Gasteiger partial charge >= 0.3 is 5.97 Å². The fourth-order valence-electron chi connectivity index (χ4n) is 3.60. The second-order valence-corrected chi connectivity index (χ2v) is 7.06. The first kappa shape index (κ1) is 19.9. The van der Waals surface area contributed by atoms with E-state index in [9.17, 15) is 15.0 Å². The summed E-state index contributed by atoms with van der Waals surface area (Å²) in [4.78, 5) is 15.7. The zero-order valence-corrected chi connectivity index (χ0v) is 15.0. The van der Waals surface area contributed by atoms with E-state index in [-0.39, 0.29) is 12.3 Å². The van der Waals surface area contributed by atoms with Crippen molar-refractivity contribution in [2.45, 2.75) is 70.5 Å². The van der Waals surface area contributed by atoms with Crippen molar-refractivity contribution in [3.8, 4) is 0 Å². The van der Waals surface area contributed by atoms with E-state index in [1.807, 2.05) is 12.2 Å². The van der Waals surface area contributed by atoms with E-state index in [1.54, 1.807) is 0 Å². The highest BCUT2D eigenvalue weighted by Gasteiger charge is 2.44. The van der Waals surface area contributed by atoms with Gasteiger partial charge in [-0.15, -0.1) is 0 Å². The summed E-state index contributed by atoms with van der Waals surface area (Å²) in [6.45, 7) is 2.49. The van der Waals surface area contributed by atoms with Gasteiger partial charge in [-0.05, 0) is 37.2 Å². The van der Waals surface area contributed by atoms with Crippen LogP contribution >= 0.6 is 0 Å². The average molecular weight is 353 g/mol. The van der Waals surface area contributed by atoms with Gasteiger partial charge in [-0.3, -0.25) is 15.1 Å². The van der Waals surface area contributed by atoms with Gasteiger partial charge in [-0.25, -0.2) is 0 Å². The molecule has 0 aromatic heterocycles. The lowest BCUT2D eigenvalue weighted by Gasteiger charge is -2.31. The van der Waals surface area contributed by atoms with Crippen LogP contribution in [0.1, 0.15) is 58.3 Å². The molecule has 2 aliphatic carbocycles. The van der Waals surface area contributed by atoms with Crippen molar-refractivity contribution >= 4 is 5.97 Å². The third kappa shape index (κ3) is 5.83. The van der Waals surface area contributed by atoms with Crippen LogP contribution in [-0.4, -0.2) is 40.1 Å². The van der Waals surface area contributed by atoms with Crippen molar-refractivity contribution in [1.29, 1.82) is 0 Å². The summed E-state index contributed by atoms with van der Waals surface area (Å²) in [6.07, 6.45) is 9.07. The number of rotatable bonds is 12. The number of carbonyl (C=O) groups is 1. The van der Waals surface area contributed by atoms with E-state index in [0.29, 0.717) is 25.4 Å². The first-order chi connectivity index (χ1) is 12.0. The molecule has 1 fully saturated rings. The molecule has 25 heavy (non-hydrogen) atoms. The minimum absolute atomic E-state index is 0.0633. The number of hydrogen-bond acceptors (Lipinski definition) is 5. The molecule has 0 spiro atoms. The lowest BCUT2D eigenvalue weighted by Crippen LogP contribution is -2.29. The molecule has 0 aliphatic heterocycles. The summed E-state index contributed by atoms with van der Waals surface area (Å²) in [5.41, 5.74) is 5.11. The van der Waals surface area contributed by atoms with E-state index in [0.717, 1.165) is 37.8 Å². The molecule has 0 saturated heterocycles. The Hall–Kier alpha value is -1.37. The van der Waals surface area contributed by atoms with Gasteiger partial charge < -0.3 is 15.3 Å². The van der Waals surface area contributed by atoms with Crippen LogP contribution in [0.15, 0.2) is 23.4 Å². The summed E-state index contributed by atoms with van der Waals surface area (Å²) < 4.78 is 0. The molecule has 0 heterocycles. The van der Waals surface area contributed by atoms with E-state index in [4.69, 9.17) is 9.94 Å². The van der Waals surface area contributed by atoms with Gasteiger partial charge in [0.2, 0.25) is 0 Å². The van der Waals surface area contributed by atoms with Crippen LogP contribution in [-0.2, 0) is 9.63 Å². The second kappa shape index (κ2) is 9.94. The number of hydrogen-bond donors (Lipinski definition) is 4. The summed E-state index contributed by atoms with van der Waals surface area (Å²) in [7, 11) is 0. The van der Waals surface area contributed by atoms with Crippen LogP contribution < -0.4 is 5.48 Å².